The van der Waals surface area contributed by atoms with Crippen LogP contribution in [0.5, 0.6) is 5.75 Å². The summed E-state index contributed by atoms with van der Waals surface area (Å²) in [7, 11) is 0. The molecule has 0 radical (unpaired) electrons. The number of oxime groups is 1. The number of piperazine rings is 1. The Balaban J connectivity index is 1.12. The van der Waals surface area contributed by atoms with E-state index >= 15 is 0 Å². The van der Waals surface area contributed by atoms with E-state index in [4.69, 9.17) is 9.57 Å². The van der Waals surface area contributed by atoms with E-state index in [1.807, 2.05) is 6.07 Å². The number of rotatable bonds is 5. The van der Waals surface area contributed by atoms with Crippen molar-refractivity contribution in [1.29, 1.82) is 0 Å². The number of aromatic nitrogens is 1. The topological polar surface area (TPSA) is 50.2 Å². The largest absolute Gasteiger partial charge is 0.490 e. The highest BCUT2D eigenvalue weighted by atomic mass is 16.6. The predicted octanol–water partition coefficient (Wildman–Crippen LogP) is 2.91. The van der Waals surface area contributed by atoms with Crippen LogP contribution < -0.4 is 4.74 Å². The Bertz CT molecular complexity index is 935. The molecule has 5 rings (SSSR count). The summed E-state index contributed by atoms with van der Waals surface area (Å²) in [5.41, 5.74) is 4.72. The molecule has 1 aromatic carbocycles. The van der Waals surface area contributed by atoms with Crippen molar-refractivity contribution in [2.45, 2.75) is 13.0 Å². The van der Waals surface area contributed by atoms with Crippen LogP contribution in [0, 0.1) is 5.92 Å². The lowest BCUT2D eigenvalue weighted by Gasteiger charge is -2.36. The van der Waals surface area contributed by atoms with Crippen molar-refractivity contribution in [3.63, 3.8) is 0 Å². The fourth-order valence-electron chi connectivity index (χ4n) is 4.54. The monoisotopic (exact) mass is 404 g/mol. The van der Waals surface area contributed by atoms with Crippen LogP contribution in [0.25, 0.3) is 6.08 Å². The van der Waals surface area contributed by atoms with Crippen LogP contribution in [0.2, 0.25) is 0 Å². The maximum atomic E-state index is 5.91. The van der Waals surface area contributed by atoms with Gasteiger partial charge in [-0.05, 0) is 18.6 Å². The highest BCUT2D eigenvalue weighted by molar-refractivity contribution is 6.05. The lowest BCUT2D eigenvalue weighted by Crippen LogP contribution is -2.50. The summed E-state index contributed by atoms with van der Waals surface area (Å²) in [6.45, 7) is 9.04. The molecule has 0 bridgehead atoms. The van der Waals surface area contributed by atoms with E-state index in [1.54, 1.807) is 12.4 Å². The van der Waals surface area contributed by atoms with E-state index in [-0.39, 0.29) is 12.0 Å². The average molecular weight is 405 g/mol. The van der Waals surface area contributed by atoms with Crippen LogP contribution in [-0.4, -0.2) is 72.5 Å². The second kappa shape index (κ2) is 8.58. The first-order chi connectivity index (χ1) is 14.8. The second-order valence-corrected chi connectivity index (χ2v) is 8.39. The molecule has 2 atom stereocenters. The minimum Gasteiger partial charge on any atom is -0.490 e. The molecule has 0 spiro atoms. The van der Waals surface area contributed by atoms with Crippen molar-refractivity contribution in [3.8, 4) is 5.75 Å². The van der Waals surface area contributed by atoms with Gasteiger partial charge in [0.1, 0.15) is 18.1 Å². The van der Waals surface area contributed by atoms with Crippen LogP contribution in [0.4, 0.5) is 0 Å². The maximum Gasteiger partial charge on any atom is 0.151 e. The number of benzene rings is 1. The molecule has 0 saturated carbocycles. The van der Waals surface area contributed by atoms with Gasteiger partial charge in [0, 0.05) is 51.0 Å². The first kappa shape index (κ1) is 19.3. The molecule has 1 saturated heterocycles. The Morgan fingerprint density at radius 3 is 2.73 bits per heavy atom. The van der Waals surface area contributed by atoms with E-state index in [2.05, 4.69) is 63.3 Å². The minimum atomic E-state index is 0.0626. The van der Waals surface area contributed by atoms with E-state index in [0.717, 1.165) is 56.3 Å². The number of pyridine rings is 1. The Kier molecular flexibility index (Phi) is 5.51. The zero-order chi connectivity index (χ0) is 20.3. The normalized spacial score (nSPS) is 24.4. The molecular weight excluding hydrogens is 376 g/mol. The Morgan fingerprint density at radius 1 is 1.10 bits per heavy atom. The zero-order valence-corrected chi connectivity index (χ0v) is 17.4. The van der Waals surface area contributed by atoms with Crippen molar-refractivity contribution in [1.82, 2.24) is 14.8 Å². The van der Waals surface area contributed by atoms with Gasteiger partial charge in [-0.25, -0.2) is 0 Å². The van der Waals surface area contributed by atoms with Gasteiger partial charge in [-0.1, -0.05) is 47.1 Å². The zero-order valence-electron chi connectivity index (χ0n) is 17.4. The highest BCUT2D eigenvalue weighted by Gasteiger charge is 2.40. The summed E-state index contributed by atoms with van der Waals surface area (Å²) in [5, 5.41) is 4.40. The summed E-state index contributed by atoms with van der Waals surface area (Å²) in [4.78, 5) is 15.0. The van der Waals surface area contributed by atoms with Gasteiger partial charge in [-0.3, -0.25) is 14.8 Å². The quantitative estimate of drug-likeness (QED) is 0.767. The van der Waals surface area contributed by atoms with Crippen LogP contribution in [0.15, 0.2) is 59.5 Å². The molecule has 0 N–H and O–H groups in total. The molecule has 30 heavy (non-hydrogen) atoms. The first-order valence-electron chi connectivity index (χ1n) is 10.7. The number of hydrogen-bond acceptors (Lipinski definition) is 6. The van der Waals surface area contributed by atoms with E-state index < -0.39 is 0 Å². The third kappa shape index (κ3) is 4.11. The predicted molar refractivity (Wildman–Crippen MR) is 118 cm³/mol. The Labute approximate surface area is 177 Å². The number of nitrogens with zero attached hydrogens (tertiary/aromatic N) is 4. The highest BCUT2D eigenvalue weighted by Crippen LogP contribution is 2.33. The number of ether oxygens (including phenoxy) is 1. The van der Waals surface area contributed by atoms with Crippen LogP contribution in [0.1, 0.15) is 18.1 Å². The molecule has 2 aromatic rings. The van der Waals surface area contributed by atoms with Crippen molar-refractivity contribution in [3.05, 3.63) is 65.5 Å². The van der Waals surface area contributed by atoms with E-state index in [1.165, 1.54) is 11.1 Å². The fraction of sp³-hybridized carbons (Fsp3) is 0.417. The van der Waals surface area contributed by atoms with Gasteiger partial charge in [0.2, 0.25) is 0 Å². The van der Waals surface area contributed by atoms with Gasteiger partial charge in [-0.15, -0.1) is 0 Å². The van der Waals surface area contributed by atoms with Gasteiger partial charge in [0.15, 0.2) is 6.10 Å². The Hall–Kier alpha value is -2.70. The Morgan fingerprint density at radius 2 is 1.90 bits per heavy atom. The van der Waals surface area contributed by atoms with Crippen molar-refractivity contribution in [2.75, 3.05) is 45.9 Å². The molecule has 6 nitrogen and oxygen atoms in total. The molecule has 3 aliphatic rings. The molecule has 0 amide bonds. The van der Waals surface area contributed by atoms with Gasteiger partial charge in [0.05, 0.1) is 12.1 Å². The molecule has 6 heteroatoms. The summed E-state index contributed by atoms with van der Waals surface area (Å²) >= 11 is 0. The van der Waals surface area contributed by atoms with Crippen molar-refractivity contribution in [2.24, 2.45) is 11.1 Å². The van der Waals surface area contributed by atoms with Crippen LogP contribution in [0.3, 0.4) is 0 Å². The average Bonchev–Trinajstić information content (AvgIpc) is 3.19. The minimum absolute atomic E-state index is 0.0626. The SMILES string of the molecule is C/C(=C\c1ccccc1)CN1CCN(CC2ON=C3c4ccncc4OCC32)CC1. The van der Waals surface area contributed by atoms with Crippen molar-refractivity contribution >= 4 is 11.8 Å². The van der Waals surface area contributed by atoms with Gasteiger partial charge >= 0.3 is 0 Å². The lowest BCUT2D eigenvalue weighted by atomic mass is 9.91. The molecule has 0 aliphatic carbocycles. The number of hydrogen-bond donors (Lipinski definition) is 0. The second-order valence-electron chi connectivity index (χ2n) is 8.39. The number of fused-ring (bicyclic) bond motifs is 3. The fourth-order valence-corrected chi connectivity index (χ4v) is 4.54. The van der Waals surface area contributed by atoms with E-state index in [9.17, 15) is 0 Å². The molecular formula is C24H28N4O2. The lowest BCUT2D eigenvalue weighted by molar-refractivity contribution is 0.0101. The van der Waals surface area contributed by atoms with Crippen LogP contribution in [-0.2, 0) is 4.84 Å². The molecule has 156 valence electrons. The molecule has 3 aliphatic heterocycles. The first-order valence-corrected chi connectivity index (χ1v) is 10.7. The molecule has 4 heterocycles. The van der Waals surface area contributed by atoms with Gasteiger partial charge in [-0.2, -0.15) is 0 Å². The van der Waals surface area contributed by atoms with Crippen molar-refractivity contribution < 1.29 is 9.57 Å². The molecule has 2 unspecified atom stereocenters. The van der Waals surface area contributed by atoms with Crippen LogP contribution >= 0.6 is 0 Å². The van der Waals surface area contributed by atoms with Gasteiger partial charge < -0.3 is 9.57 Å². The van der Waals surface area contributed by atoms with Gasteiger partial charge in [0.25, 0.3) is 0 Å². The third-order valence-corrected chi connectivity index (χ3v) is 6.15. The standard InChI is InChI=1S/C24H28N4O2/c1-18(13-19-5-3-2-4-6-19)15-27-9-11-28(12-10-27)16-23-21-17-29-22-14-25-8-7-20(22)24(21)26-30-23/h2-8,13-14,21,23H,9-12,15-17H2,1H3/b18-13+. The third-order valence-electron chi connectivity index (χ3n) is 6.15. The smallest absolute Gasteiger partial charge is 0.151 e. The maximum absolute atomic E-state index is 5.91. The van der Waals surface area contributed by atoms with E-state index in [0.29, 0.717) is 6.61 Å². The summed E-state index contributed by atoms with van der Waals surface area (Å²) in [5.74, 6) is 1.01. The summed E-state index contributed by atoms with van der Waals surface area (Å²) in [6, 6.07) is 12.5. The molecule has 1 aromatic heterocycles. The summed E-state index contributed by atoms with van der Waals surface area (Å²) < 4.78 is 5.91. The molecule has 1 fully saturated rings. The summed E-state index contributed by atoms with van der Waals surface area (Å²) in [6.07, 6.45) is 5.89.